The van der Waals surface area contributed by atoms with Crippen molar-refractivity contribution in [2.24, 2.45) is 11.7 Å². The molecule has 1 fully saturated rings. The molecule has 162 valence electrons. The summed E-state index contributed by atoms with van der Waals surface area (Å²) in [5, 5.41) is 0. The molecule has 7 heteroatoms. The van der Waals surface area contributed by atoms with Crippen LogP contribution in [0.3, 0.4) is 0 Å². The molecule has 3 rings (SSSR count). The highest BCUT2D eigenvalue weighted by molar-refractivity contribution is 7.84. The van der Waals surface area contributed by atoms with Crippen molar-refractivity contribution in [3.63, 3.8) is 0 Å². The number of carbonyl (C=O) groups excluding carboxylic acids is 1. The molecule has 1 unspecified atom stereocenters. The van der Waals surface area contributed by atoms with Crippen molar-refractivity contribution in [3.8, 4) is 0 Å². The quantitative estimate of drug-likeness (QED) is 0.551. The van der Waals surface area contributed by atoms with Crippen LogP contribution in [0.25, 0.3) is 0 Å². The number of benzene rings is 2. The van der Waals surface area contributed by atoms with Crippen LogP contribution in [0.15, 0.2) is 42.5 Å². The molecule has 0 radical (unpaired) electrons. The van der Waals surface area contributed by atoms with Gasteiger partial charge in [-0.05, 0) is 74.9 Å². The Morgan fingerprint density at radius 1 is 1.13 bits per heavy atom. The Morgan fingerprint density at radius 2 is 1.73 bits per heavy atom. The molecule has 2 aromatic carbocycles. The van der Waals surface area contributed by atoms with Gasteiger partial charge < -0.3 is 11.5 Å². The second-order valence-corrected chi connectivity index (χ2v) is 11.0. The molecular formula is C23H30FN3O2S. The van der Waals surface area contributed by atoms with Crippen LogP contribution in [-0.4, -0.2) is 14.9 Å². The second kappa shape index (κ2) is 8.47. The molecule has 1 amide bonds. The maximum atomic E-state index is 14.0. The van der Waals surface area contributed by atoms with E-state index in [0.29, 0.717) is 17.9 Å². The number of hydrogen-bond donors (Lipinski definition) is 3. The Hall–Kier alpha value is -2.25. The Balaban J connectivity index is 2.16. The van der Waals surface area contributed by atoms with E-state index in [-0.39, 0.29) is 5.69 Å². The number of nitrogens with one attached hydrogen (secondary N) is 1. The minimum absolute atomic E-state index is 0.0420. The monoisotopic (exact) mass is 431 g/mol. The largest absolute Gasteiger partial charge is 0.396 e. The second-order valence-electron chi connectivity index (χ2n) is 9.05. The maximum Gasteiger partial charge on any atom is 0.248 e. The smallest absolute Gasteiger partial charge is 0.248 e. The Labute approximate surface area is 180 Å². The van der Waals surface area contributed by atoms with Gasteiger partial charge in [-0.25, -0.2) is 13.3 Å². The third-order valence-electron chi connectivity index (χ3n) is 5.60. The number of hydrogen-bond acceptors (Lipinski definition) is 3. The van der Waals surface area contributed by atoms with Crippen LogP contribution in [0.1, 0.15) is 67.9 Å². The van der Waals surface area contributed by atoms with Gasteiger partial charge in [0.15, 0.2) is 0 Å². The molecule has 5 N–H and O–H groups in total. The van der Waals surface area contributed by atoms with Crippen molar-refractivity contribution >= 4 is 22.6 Å². The third kappa shape index (κ3) is 4.90. The topological polar surface area (TPSA) is 98.2 Å². The van der Waals surface area contributed by atoms with E-state index in [4.69, 9.17) is 11.5 Å². The first-order valence-electron chi connectivity index (χ1n) is 10.2. The van der Waals surface area contributed by atoms with Crippen molar-refractivity contribution < 1.29 is 13.4 Å². The lowest BCUT2D eigenvalue weighted by molar-refractivity contribution is 0.1000. The highest BCUT2D eigenvalue weighted by Crippen LogP contribution is 2.42. The number of nitrogen functional groups attached to an aromatic ring is 1. The van der Waals surface area contributed by atoms with Gasteiger partial charge >= 0.3 is 0 Å². The van der Waals surface area contributed by atoms with Crippen molar-refractivity contribution in [2.75, 3.05) is 5.73 Å². The summed E-state index contributed by atoms with van der Waals surface area (Å²) < 4.78 is 30.0. The van der Waals surface area contributed by atoms with Crippen LogP contribution in [0.2, 0.25) is 0 Å². The normalized spacial score (nSPS) is 17.3. The molecule has 0 heterocycles. The number of carbonyl (C=O) groups is 1. The highest BCUT2D eigenvalue weighted by Gasteiger charge is 2.40. The number of amides is 1. The number of rotatable bonds is 8. The Kier molecular flexibility index (Phi) is 6.34. The molecule has 1 saturated carbocycles. The van der Waals surface area contributed by atoms with Gasteiger partial charge in [-0.3, -0.25) is 4.79 Å². The zero-order valence-corrected chi connectivity index (χ0v) is 18.5. The van der Waals surface area contributed by atoms with Crippen molar-refractivity contribution in [2.45, 2.75) is 56.7 Å². The lowest BCUT2D eigenvalue weighted by Crippen LogP contribution is -2.49. The Bertz CT molecular complexity index is 952. The average molecular weight is 432 g/mol. The molecule has 0 bridgehead atoms. The third-order valence-corrected chi connectivity index (χ3v) is 7.24. The van der Waals surface area contributed by atoms with Crippen LogP contribution in [0.4, 0.5) is 10.1 Å². The standard InChI is InChI=1S/C23H30FN3O2S/c1-22(2,3)30(29)27-23(13-12-15-4-5-15,18-10-11-19(24)20(25)14-18)17-8-6-16(7-9-17)21(26)28/h6-11,14-15,27H,4-5,12-13,25H2,1-3H3,(H2,26,28)/t23?,30-/m1/s1. The summed E-state index contributed by atoms with van der Waals surface area (Å²) in [5.74, 6) is -0.366. The van der Waals surface area contributed by atoms with Gasteiger partial charge in [0.25, 0.3) is 0 Å². The minimum atomic E-state index is -1.40. The molecule has 0 aromatic heterocycles. The molecular weight excluding hydrogens is 401 g/mol. The van der Waals surface area contributed by atoms with E-state index in [1.165, 1.54) is 18.9 Å². The summed E-state index contributed by atoms with van der Waals surface area (Å²) in [6.07, 6.45) is 3.97. The van der Waals surface area contributed by atoms with E-state index in [1.807, 2.05) is 32.9 Å². The van der Waals surface area contributed by atoms with E-state index >= 15 is 0 Å². The van der Waals surface area contributed by atoms with Crippen LogP contribution in [0, 0.1) is 11.7 Å². The highest BCUT2D eigenvalue weighted by atomic mass is 32.2. The first kappa shape index (κ1) is 22.4. The van der Waals surface area contributed by atoms with Gasteiger partial charge in [-0.1, -0.05) is 31.0 Å². The zero-order chi connectivity index (χ0) is 22.1. The summed E-state index contributed by atoms with van der Waals surface area (Å²) in [4.78, 5) is 11.5. The van der Waals surface area contributed by atoms with Gasteiger partial charge in [0.2, 0.25) is 5.91 Å². The van der Waals surface area contributed by atoms with Crippen molar-refractivity contribution in [1.82, 2.24) is 4.72 Å². The van der Waals surface area contributed by atoms with Gasteiger partial charge in [0.05, 0.1) is 27.0 Å². The first-order valence-corrected chi connectivity index (χ1v) is 11.3. The van der Waals surface area contributed by atoms with E-state index in [2.05, 4.69) is 4.72 Å². The zero-order valence-electron chi connectivity index (χ0n) is 17.7. The molecule has 2 atom stereocenters. The fourth-order valence-electron chi connectivity index (χ4n) is 3.49. The van der Waals surface area contributed by atoms with Gasteiger partial charge in [0.1, 0.15) is 5.82 Å². The lowest BCUT2D eigenvalue weighted by Gasteiger charge is -2.38. The maximum absolute atomic E-state index is 14.0. The molecule has 30 heavy (non-hydrogen) atoms. The number of halogens is 1. The molecule has 1 aliphatic rings. The first-order chi connectivity index (χ1) is 14.0. The minimum Gasteiger partial charge on any atom is -0.396 e. The molecule has 0 saturated heterocycles. The number of anilines is 1. The Morgan fingerprint density at radius 3 is 2.23 bits per heavy atom. The van der Waals surface area contributed by atoms with E-state index in [1.54, 1.807) is 24.3 Å². The summed E-state index contributed by atoms with van der Waals surface area (Å²) >= 11 is 0. The van der Waals surface area contributed by atoms with Crippen LogP contribution >= 0.6 is 0 Å². The SMILES string of the molecule is CC(C)(C)[S@@](=O)NC(CCC1CC1)(c1ccc(C(N)=O)cc1)c1ccc(F)c(N)c1. The molecule has 2 aromatic rings. The lowest BCUT2D eigenvalue weighted by atomic mass is 9.79. The molecule has 0 aliphatic heterocycles. The van der Waals surface area contributed by atoms with Gasteiger partial charge in [0, 0.05) is 5.56 Å². The predicted molar refractivity (Wildman–Crippen MR) is 120 cm³/mol. The van der Waals surface area contributed by atoms with Crippen LogP contribution < -0.4 is 16.2 Å². The summed E-state index contributed by atoms with van der Waals surface area (Å²) in [7, 11) is -1.40. The number of primary amides is 1. The fourth-order valence-corrected chi connectivity index (χ4v) is 4.45. The fraction of sp³-hybridized carbons (Fsp3) is 0.435. The summed E-state index contributed by atoms with van der Waals surface area (Å²) in [6.45, 7) is 5.70. The van der Waals surface area contributed by atoms with Gasteiger partial charge in [-0.15, -0.1) is 0 Å². The van der Waals surface area contributed by atoms with Crippen molar-refractivity contribution in [3.05, 3.63) is 65.0 Å². The van der Waals surface area contributed by atoms with Crippen LogP contribution in [-0.2, 0) is 16.5 Å². The number of nitrogens with two attached hydrogens (primary N) is 2. The van der Waals surface area contributed by atoms with E-state index in [9.17, 15) is 13.4 Å². The molecule has 5 nitrogen and oxygen atoms in total. The molecule has 1 aliphatic carbocycles. The van der Waals surface area contributed by atoms with Crippen LogP contribution in [0.5, 0.6) is 0 Å². The van der Waals surface area contributed by atoms with E-state index < -0.39 is 33.0 Å². The molecule has 0 spiro atoms. The van der Waals surface area contributed by atoms with E-state index in [0.717, 1.165) is 17.5 Å². The summed E-state index contributed by atoms with van der Waals surface area (Å²) in [6, 6.07) is 11.6. The van der Waals surface area contributed by atoms with Gasteiger partial charge in [-0.2, -0.15) is 0 Å². The summed E-state index contributed by atoms with van der Waals surface area (Å²) in [5.41, 5.74) is 12.5. The average Bonchev–Trinajstić information content (AvgIpc) is 3.51. The predicted octanol–water partition coefficient (Wildman–Crippen LogP) is 3.99. The van der Waals surface area contributed by atoms with Crippen molar-refractivity contribution in [1.29, 1.82) is 0 Å².